The summed E-state index contributed by atoms with van der Waals surface area (Å²) in [5.41, 5.74) is 0.821. The number of carbonyl (C=O) groups excluding carboxylic acids is 1. The van der Waals surface area contributed by atoms with Crippen LogP contribution in [0, 0.1) is 11.3 Å². The average Bonchev–Trinajstić information content (AvgIpc) is 2.17. The van der Waals surface area contributed by atoms with E-state index < -0.39 is 0 Å². The molecule has 4 heteroatoms. The van der Waals surface area contributed by atoms with Crippen LogP contribution in [0.25, 0.3) is 0 Å². The van der Waals surface area contributed by atoms with E-state index in [9.17, 15) is 4.79 Å². The van der Waals surface area contributed by atoms with E-state index >= 15 is 0 Å². The fourth-order valence-electron chi connectivity index (χ4n) is 1.14. The van der Waals surface area contributed by atoms with Gasteiger partial charge in [0.1, 0.15) is 0 Å². The van der Waals surface area contributed by atoms with Gasteiger partial charge in [-0.15, -0.1) is 12.6 Å². The molecule has 0 aromatic heterocycles. The molecule has 0 aliphatic heterocycles. The Morgan fingerprint density at radius 1 is 1.57 bits per heavy atom. The van der Waals surface area contributed by atoms with Crippen LogP contribution in [0.2, 0.25) is 0 Å². The van der Waals surface area contributed by atoms with Crippen LogP contribution in [-0.4, -0.2) is 11.1 Å². The van der Waals surface area contributed by atoms with E-state index in [1.54, 1.807) is 18.2 Å². The highest BCUT2D eigenvalue weighted by molar-refractivity contribution is 9.09. The maximum absolute atomic E-state index is 11.6. The highest BCUT2D eigenvalue weighted by atomic mass is 79.9. The highest BCUT2D eigenvalue weighted by Gasteiger charge is 2.13. The molecule has 0 saturated carbocycles. The minimum Gasteiger partial charge on any atom is -0.294 e. The average molecular weight is 270 g/mol. The smallest absolute Gasteiger partial charge is 0.166 e. The molecule has 0 heterocycles. The number of rotatable bonds is 3. The number of benzene rings is 1. The number of ketones is 1. The zero-order valence-electron chi connectivity index (χ0n) is 7.33. The summed E-state index contributed by atoms with van der Waals surface area (Å²) >= 11 is 7.36. The molecule has 0 amide bonds. The SMILES string of the molecule is N#Cc1cccc(S)c1C(=O)CCBr. The summed E-state index contributed by atoms with van der Waals surface area (Å²) in [4.78, 5) is 12.2. The Morgan fingerprint density at radius 2 is 2.29 bits per heavy atom. The first-order valence-electron chi connectivity index (χ1n) is 4.02. The van der Waals surface area contributed by atoms with Gasteiger partial charge in [0.2, 0.25) is 0 Å². The maximum atomic E-state index is 11.6. The van der Waals surface area contributed by atoms with Crippen molar-refractivity contribution in [2.45, 2.75) is 11.3 Å². The predicted molar refractivity (Wildman–Crippen MR) is 61.2 cm³/mol. The molecule has 0 saturated heterocycles. The Labute approximate surface area is 96.5 Å². The van der Waals surface area contributed by atoms with E-state index in [0.29, 0.717) is 27.8 Å². The van der Waals surface area contributed by atoms with Crippen molar-refractivity contribution in [1.82, 2.24) is 0 Å². The number of hydrogen-bond acceptors (Lipinski definition) is 3. The van der Waals surface area contributed by atoms with Crippen LogP contribution in [0.3, 0.4) is 0 Å². The number of alkyl halides is 1. The molecular formula is C10H8BrNOS. The largest absolute Gasteiger partial charge is 0.294 e. The van der Waals surface area contributed by atoms with E-state index in [1.165, 1.54) is 0 Å². The molecule has 1 aromatic rings. The lowest BCUT2D eigenvalue weighted by Gasteiger charge is -2.04. The van der Waals surface area contributed by atoms with E-state index in [-0.39, 0.29) is 5.78 Å². The summed E-state index contributed by atoms with van der Waals surface area (Å²) in [5, 5.41) is 9.41. The molecule has 0 atom stereocenters. The zero-order valence-corrected chi connectivity index (χ0v) is 9.81. The molecule has 0 fully saturated rings. The highest BCUT2D eigenvalue weighted by Crippen LogP contribution is 2.19. The van der Waals surface area contributed by atoms with Crippen molar-refractivity contribution in [2.24, 2.45) is 0 Å². The van der Waals surface area contributed by atoms with E-state index in [4.69, 9.17) is 5.26 Å². The number of nitrogens with zero attached hydrogens (tertiary/aromatic N) is 1. The molecule has 0 aliphatic carbocycles. The molecule has 0 N–H and O–H groups in total. The van der Waals surface area contributed by atoms with E-state index in [0.717, 1.165) is 0 Å². The van der Waals surface area contributed by atoms with Gasteiger partial charge >= 0.3 is 0 Å². The van der Waals surface area contributed by atoms with E-state index in [1.807, 2.05) is 6.07 Å². The normalized spacial score (nSPS) is 9.50. The van der Waals surface area contributed by atoms with Crippen molar-refractivity contribution >= 4 is 34.3 Å². The van der Waals surface area contributed by atoms with Gasteiger partial charge in [-0.2, -0.15) is 5.26 Å². The van der Waals surface area contributed by atoms with Gasteiger partial charge < -0.3 is 0 Å². The number of nitriles is 1. The molecule has 1 aromatic carbocycles. The quantitative estimate of drug-likeness (QED) is 0.521. The molecule has 1 rings (SSSR count). The summed E-state index contributed by atoms with van der Waals surface area (Å²) in [6.07, 6.45) is 0.381. The first-order chi connectivity index (χ1) is 6.70. The first-order valence-corrected chi connectivity index (χ1v) is 5.58. The Bertz CT molecular complexity index is 398. The number of halogens is 1. The number of hydrogen-bond donors (Lipinski definition) is 1. The van der Waals surface area contributed by atoms with Crippen LogP contribution in [0.1, 0.15) is 22.3 Å². The van der Waals surface area contributed by atoms with Gasteiger partial charge in [-0.3, -0.25) is 4.79 Å². The third-order valence-electron chi connectivity index (χ3n) is 1.76. The van der Waals surface area contributed by atoms with Gasteiger partial charge in [0, 0.05) is 22.2 Å². The van der Waals surface area contributed by atoms with Gasteiger partial charge in [0.05, 0.1) is 11.6 Å². The van der Waals surface area contributed by atoms with Crippen LogP contribution in [0.5, 0.6) is 0 Å². The second kappa shape index (κ2) is 5.18. The van der Waals surface area contributed by atoms with Crippen molar-refractivity contribution in [3.8, 4) is 6.07 Å². The van der Waals surface area contributed by atoms with Gasteiger partial charge in [-0.1, -0.05) is 22.0 Å². The lowest BCUT2D eigenvalue weighted by atomic mass is 10.0. The van der Waals surface area contributed by atoms with Crippen LogP contribution in [0.4, 0.5) is 0 Å². The van der Waals surface area contributed by atoms with Crippen LogP contribution in [-0.2, 0) is 0 Å². The number of carbonyl (C=O) groups is 1. The van der Waals surface area contributed by atoms with Crippen molar-refractivity contribution in [3.63, 3.8) is 0 Å². The fraction of sp³-hybridized carbons (Fsp3) is 0.200. The summed E-state index contributed by atoms with van der Waals surface area (Å²) < 4.78 is 0. The van der Waals surface area contributed by atoms with Gasteiger partial charge in [-0.25, -0.2) is 0 Å². The Hall–Kier alpha value is -0.790. The van der Waals surface area contributed by atoms with Gasteiger partial charge in [0.25, 0.3) is 0 Å². The number of thiol groups is 1. The lowest BCUT2D eigenvalue weighted by Crippen LogP contribution is -2.03. The Kier molecular flexibility index (Phi) is 4.18. The molecule has 0 radical (unpaired) electrons. The summed E-state index contributed by atoms with van der Waals surface area (Å²) in [6.45, 7) is 0. The molecule has 72 valence electrons. The Morgan fingerprint density at radius 3 is 2.86 bits per heavy atom. The van der Waals surface area contributed by atoms with Crippen LogP contribution >= 0.6 is 28.6 Å². The molecule has 0 spiro atoms. The monoisotopic (exact) mass is 269 g/mol. The van der Waals surface area contributed by atoms with Crippen LogP contribution < -0.4 is 0 Å². The maximum Gasteiger partial charge on any atom is 0.166 e. The summed E-state index contributed by atoms with van der Waals surface area (Å²) in [7, 11) is 0. The predicted octanol–water partition coefficient (Wildman–Crippen LogP) is 2.81. The number of Topliss-reactive ketones (excluding diaryl/α,β-unsaturated/α-hetero) is 1. The van der Waals surface area contributed by atoms with Crippen LogP contribution in [0.15, 0.2) is 23.1 Å². The summed E-state index contributed by atoms with van der Waals surface area (Å²) in [5.74, 6) is -0.0518. The summed E-state index contributed by atoms with van der Waals surface area (Å²) in [6, 6.07) is 7.04. The lowest BCUT2D eigenvalue weighted by molar-refractivity contribution is 0.0987. The second-order valence-corrected chi connectivity index (χ2v) is 3.95. The topological polar surface area (TPSA) is 40.9 Å². The van der Waals surface area contributed by atoms with Crippen molar-refractivity contribution in [2.75, 3.05) is 5.33 Å². The molecule has 0 bridgehead atoms. The third-order valence-corrected chi connectivity index (χ3v) is 2.53. The zero-order chi connectivity index (χ0) is 10.6. The van der Waals surface area contributed by atoms with E-state index in [2.05, 4.69) is 28.6 Å². The van der Waals surface area contributed by atoms with Crippen molar-refractivity contribution in [1.29, 1.82) is 5.26 Å². The van der Waals surface area contributed by atoms with Crippen molar-refractivity contribution in [3.05, 3.63) is 29.3 Å². The Balaban J connectivity index is 3.18. The molecule has 2 nitrogen and oxygen atoms in total. The molecular weight excluding hydrogens is 262 g/mol. The first kappa shape index (κ1) is 11.3. The van der Waals surface area contributed by atoms with Gasteiger partial charge in [0.15, 0.2) is 5.78 Å². The third kappa shape index (κ3) is 2.37. The molecule has 0 aliphatic rings. The molecule has 14 heavy (non-hydrogen) atoms. The minimum absolute atomic E-state index is 0.0518. The fourth-order valence-corrected chi connectivity index (χ4v) is 1.83. The van der Waals surface area contributed by atoms with Gasteiger partial charge in [-0.05, 0) is 12.1 Å². The molecule has 0 unspecified atom stereocenters. The minimum atomic E-state index is -0.0518. The standard InChI is InChI=1S/C10H8BrNOS/c11-5-4-8(13)10-7(6-12)2-1-3-9(10)14/h1-3,14H,4-5H2. The van der Waals surface area contributed by atoms with Crippen molar-refractivity contribution < 1.29 is 4.79 Å². The second-order valence-electron chi connectivity index (χ2n) is 2.67.